The van der Waals surface area contributed by atoms with Crippen LogP contribution < -0.4 is 5.73 Å². The van der Waals surface area contributed by atoms with Crippen molar-refractivity contribution in [3.63, 3.8) is 0 Å². The summed E-state index contributed by atoms with van der Waals surface area (Å²) in [5.41, 5.74) is 6.30. The monoisotopic (exact) mass is 358 g/mol. The van der Waals surface area contributed by atoms with Crippen LogP contribution in [0, 0.1) is 15.9 Å². The van der Waals surface area contributed by atoms with Gasteiger partial charge >= 0.3 is 0 Å². The van der Waals surface area contributed by atoms with Crippen molar-refractivity contribution in [3.05, 3.63) is 66.9 Å². The lowest BCUT2D eigenvalue weighted by Crippen LogP contribution is -2.03. The van der Waals surface area contributed by atoms with E-state index in [4.69, 9.17) is 17.3 Å². The normalized spacial score (nSPS) is 10.6. The molecule has 0 unspecified atom stereocenters. The Balaban J connectivity index is 2.50. The Hall–Kier alpha value is -1.66. The van der Waals surface area contributed by atoms with E-state index in [2.05, 4.69) is 15.9 Å². The van der Waals surface area contributed by atoms with E-state index < -0.39 is 10.7 Å². The largest absolute Gasteiger partial charge is 0.398 e. The molecule has 0 aliphatic heterocycles. The Morgan fingerprint density at radius 2 is 2.05 bits per heavy atom. The standard InChI is InChI=1S/C13H9BrClFN2O2/c14-8-2-1-7(11(16)4-8)3-10-12(17)5-9(15)6-13(10)18(19)20/h1-2,4-6H,3,17H2. The second kappa shape index (κ2) is 5.76. The SMILES string of the molecule is Nc1cc(Cl)cc([N+](=O)[O-])c1Cc1ccc(Br)cc1F. The maximum atomic E-state index is 13.8. The molecule has 104 valence electrons. The quantitative estimate of drug-likeness (QED) is 0.504. The van der Waals surface area contributed by atoms with Crippen LogP contribution in [0.5, 0.6) is 0 Å². The molecular weight excluding hydrogens is 351 g/mol. The number of hydrogen-bond donors (Lipinski definition) is 1. The van der Waals surface area contributed by atoms with Crippen LogP contribution >= 0.6 is 27.5 Å². The topological polar surface area (TPSA) is 69.2 Å². The molecule has 0 fully saturated rings. The van der Waals surface area contributed by atoms with Gasteiger partial charge in [0.25, 0.3) is 5.69 Å². The van der Waals surface area contributed by atoms with Gasteiger partial charge in [0.1, 0.15) is 5.82 Å². The zero-order valence-corrected chi connectivity index (χ0v) is 12.4. The predicted octanol–water partition coefficient (Wildman–Crippen LogP) is 4.32. The maximum Gasteiger partial charge on any atom is 0.276 e. The Kier molecular flexibility index (Phi) is 4.25. The fraction of sp³-hybridized carbons (Fsp3) is 0.0769. The Bertz CT molecular complexity index is 694. The average molecular weight is 360 g/mol. The van der Waals surface area contributed by atoms with Gasteiger partial charge in [0, 0.05) is 27.7 Å². The summed E-state index contributed by atoms with van der Waals surface area (Å²) in [6.07, 6.45) is 0.0262. The van der Waals surface area contributed by atoms with Crippen LogP contribution in [0.4, 0.5) is 15.8 Å². The third-order valence-corrected chi connectivity index (χ3v) is 3.52. The first-order valence-electron chi connectivity index (χ1n) is 5.54. The van der Waals surface area contributed by atoms with Crippen molar-refractivity contribution in [1.29, 1.82) is 0 Å². The van der Waals surface area contributed by atoms with Gasteiger partial charge in [0.05, 0.1) is 10.5 Å². The molecule has 0 saturated carbocycles. The summed E-state index contributed by atoms with van der Waals surface area (Å²) in [6, 6.07) is 7.14. The highest BCUT2D eigenvalue weighted by atomic mass is 79.9. The van der Waals surface area contributed by atoms with E-state index in [0.717, 1.165) is 0 Å². The molecule has 2 aromatic carbocycles. The summed E-state index contributed by atoms with van der Waals surface area (Å²) in [7, 11) is 0. The molecule has 4 nitrogen and oxygen atoms in total. The number of rotatable bonds is 3. The van der Waals surface area contributed by atoms with Gasteiger partial charge in [-0.2, -0.15) is 0 Å². The van der Waals surface area contributed by atoms with Crippen LogP contribution in [0.25, 0.3) is 0 Å². The fourth-order valence-electron chi connectivity index (χ4n) is 1.85. The number of nitro benzene ring substituents is 1. The molecule has 0 aliphatic rings. The van der Waals surface area contributed by atoms with Crippen molar-refractivity contribution < 1.29 is 9.31 Å². The van der Waals surface area contributed by atoms with Crippen LogP contribution in [0.1, 0.15) is 11.1 Å². The summed E-state index contributed by atoms with van der Waals surface area (Å²) < 4.78 is 14.4. The minimum Gasteiger partial charge on any atom is -0.398 e. The number of anilines is 1. The smallest absolute Gasteiger partial charge is 0.276 e. The summed E-state index contributed by atoms with van der Waals surface area (Å²) in [5, 5.41) is 11.2. The second-order valence-corrected chi connectivity index (χ2v) is 5.51. The summed E-state index contributed by atoms with van der Waals surface area (Å²) >= 11 is 8.91. The van der Waals surface area contributed by atoms with E-state index in [0.29, 0.717) is 10.0 Å². The first-order chi connectivity index (χ1) is 9.38. The van der Waals surface area contributed by atoms with Crippen LogP contribution in [0.2, 0.25) is 5.02 Å². The van der Waals surface area contributed by atoms with E-state index in [-0.39, 0.29) is 28.4 Å². The highest BCUT2D eigenvalue weighted by molar-refractivity contribution is 9.10. The van der Waals surface area contributed by atoms with Gasteiger partial charge in [-0.25, -0.2) is 4.39 Å². The number of hydrogen-bond acceptors (Lipinski definition) is 3. The highest BCUT2D eigenvalue weighted by Crippen LogP contribution is 2.31. The molecule has 0 amide bonds. The minimum atomic E-state index is -0.575. The van der Waals surface area contributed by atoms with Crippen LogP contribution in [-0.4, -0.2) is 4.92 Å². The minimum absolute atomic E-state index is 0.0262. The lowest BCUT2D eigenvalue weighted by atomic mass is 10.0. The first-order valence-corrected chi connectivity index (χ1v) is 6.72. The van der Waals surface area contributed by atoms with Crippen LogP contribution in [0.15, 0.2) is 34.8 Å². The molecule has 0 saturated heterocycles. The van der Waals surface area contributed by atoms with Crippen molar-refractivity contribution in [3.8, 4) is 0 Å². The molecule has 20 heavy (non-hydrogen) atoms. The molecule has 0 aromatic heterocycles. The number of benzene rings is 2. The van der Waals surface area contributed by atoms with E-state index in [1.165, 1.54) is 18.2 Å². The summed E-state index contributed by atoms with van der Waals surface area (Å²) in [4.78, 5) is 10.5. The van der Waals surface area contributed by atoms with Gasteiger partial charge in [-0.1, -0.05) is 33.6 Å². The van der Waals surface area contributed by atoms with E-state index in [1.807, 2.05) is 0 Å². The molecular formula is C13H9BrClFN2O2. The van der Waals surface area contributed by atoms with Gasteiger partial charge in [-0.05, 0) is 23.8 Å². The van der Waals surface area contributed by atoms with Crippen molar-refractivity contribution in [2.24, 2.45) is 0 Å². The lowest BCUT2D eigenvalue weighted by molar-refractivity contribution is -0.385. The summed E-state index contributed by atoms with van der Waals surface area (Å²) in [5.74, 6) is -0.456. The number of nitro groups is 1. The van der Waals surface area contributed by atoms with E-state index >= 15 is 0 Å². The van der Waals surface area contributed by atoms with Crippen molar-refractivity contribution in [2.75, 3.05) is 5.73 Å². The second-order valence-electron chi connectivity index (χ2n) is 4.16. The number of nitrogens with zero attached hydrogens (tertiary/aromatic N) is 1. The molecule has 0 radical (unpaired) electrons. The van der Waals surface area contributed by atoms with Gasteiger partial charge in [-0.3, -0.25) is 10.1 Å². The van der Waals surface area contributed by atoms with Gasteiger partial charge in [0.2, 0.25) is 0 Å². The van der Waals surface area contributed by atoms with E-state index in [9.17, 15) is 14.5 Å². The lowest BCUT2D eigenvalue weighted by Gasteiger charge is -2.08. The van der Waals surface area contributed by atoms with Gasteiger partial charge in [-0.15, -0.1) is 0 Å². The Morgan fingerprint density at radius 3 is 2.65 bits per heavy atom. The Morgan fingerprint density at radius 1 is 1.35 bits per heavy atom. The number of halogens is 3. The molecule has 2 rings (SSSR count). The summed E-state index contributed by atoms with van der Waals surface area (Å²) in [6.45, 7) is 0. The Labute approximate surface area is 127 Å². The molecule has 0 aliphatic carbocycles. The third kappa shape index (κ3) is 3.08. The molecule has 0 heterocycles. The molecule has 2 aromatic rings. The average Bonchev–Trinajstić information content (AvgIpc) is 2.34. The van der Waals surface area contributed by atoms with Crippen LogP contribution in [0.3, 0.4) is 0 Å². The zero-order chi connectivity index (χ0) is 14.9. The van der Waals surface area contributed by atoms with Crippen molar-refractivity contribution in [1.82, 2.24) is 0 Å². The van der Waals surface area contributed by atoms with Gasteiger partial charge < -0.3 is 5.73 Å². The zero-order valence-electron chi connectivity index (χ0n) is 10.1. The van der Waals surface area contributed by atoms with Crippen molar-refractivity contribution >= 4 is 38.9 Å². The molecule has 7 heteroatoms. The van der Waals surface area contributed by atoms with Gasteiger partial charge in [0.15, 0.2) is 0 Å². The molecule has 0 spiro atoms. The molecule has 0 bridgehead atoms. The van der Waals surface area contributed by atoms with Crippen molar-refractivity contribution in [2.45, 2.75) is 6.42 Å². The molecule has 0 atom stereocenters. The van der Waals surface area contributed by atoms with E-state index in [1.54, 1.807) is 12.1 Å². The number of nitrogen functional groups attached to an aromatic ring is 1. The number of nitrogens with two attached hydrogens (primary N) is 1. The maximum absolute atomic E-state index is 13.8. The third-order valence-electron chi connectivity index (χ3n) is 2.80. The first kappa shape index (κ1) is 14.7. The molecule has 2 N–H and O–H groups in total. The highest BCUT2D eigenvalue weighted by Gasteiger charge is 2.19. The fourth-order valence-corrected chi connectivity index (χ4v) is 2.41. The predicted molar refractivity (Wildman–Crippen MR) is 79.4 cm³/mol. The van der Waals surface area contributed by atoms with Crippen LogP contribution in [-0.2, 0) is 6.42 Å².